The first-order valence-electron chi connectivity index (χ1n) is 6.74. The number of benzene rings is 1. The number of hydrogen-bond acceptors (Lipinski definition) is 2. The van der Waals surface area contributed by atoms with E-state index in [9.17, 15) is 0 Å². The highest BCUT2D eigenvalue weighted by molar-refractivity contribution is 5.70. The number of hydrogen-bond donors (Lipinski definition) is 0. The number of fused-ring (bicyclic) bond motifs is 2. The Morgan fingerprint density at radius 2 is 2.22 bits per heavy atom. The van der Waals surface area contributed by atoms with E-state index in [2.05, 4.69) is 36.6 Å². The van der Waals surface area contributed by atoms with Crippen LogP contribution in [0.1, 0.15) is 30.9 Å². The summed E-state index contributed by atoms with van der Waals surface area (Å²) in [5.41, 5.74) is 3.98. The van der Waals surface area contributed by atoms with Crippen LogP contribution >= 0.6 is 0 Å². The molecule has 2 heteroatoms. The van der Waals surface area contributed by atoms with Crippen LogP contribution < -0.4 is 9.64 Å². The van der Waals surface area contributed by atoms with Crippen LogP contribution in [-0.2, 0) is 6.42 Å². The standard InChI is InChI=1S/C16H19NO/c1-3-8-17-9-4-5-13-10-14-7-6-12(2)18-16(14)11-15(13)17/h6-7,10-11H,2-5,8-9H2,1H3. The largest absolute Gasteiger partial charge is 0.457 e. The number of aryl methyl sites for hydroxylation is 1. The summed E-state index contributed by atoms with van der Waals surface area (Å²) in [6, 6.07) is 4.46. The maximum atomic E-state index is 5.72. The van der Waals surface area contributed by atoms with Crippen molar-refractivity contribution in [2.75, 3.05) is 18.0 Å². The third kappa shape index (κ3) is 1.92. The van der Waals surface area contributed by atoms with Gasteiger partial charge in [0.15, 0.2) is 0 Å². The average molecular weight is 241 g/mol. The summed E-state index contributed by atoms with van der Waals surface area (Å²) in [5.74, 6) is 1.67. The molecule has 0 aromatic heterocycles. The fraction of sp³-hybridized carbons (Fsp3) is 0.375. The summed E-state index contributed by atoms with van der Waals surface area (Å²) >= 11 is 0. The van der Waals surface area contributed by atoms with Gasteiger partial charge in [-0.15, -0.1) is 0 Å². The third-order valence-electron chi connectivity index (χ3n) is 3.61. The van der Waals surface area contributed by atoms with Crippen molar-refractivity contribution < 1.29 is 4.74 Å². The molecule has 0 saturated heterocycles. The lowest BCUT2D eigenvalue weighted by atomic mass is 9.97. The van der Waals surface area contributed by atoms with Gasteiger partial charge in [-0.25, -0.2) is 0 Å². The molecule has 0 saturated carbocycles. The zero-order valence-corrected chi connectivity index (χ0v) is 10.9. The first kappa shape index (κ1) is 11.4. The predicted molar refractivity (Wildman–Crippen MR) is 76.1 cm³/mol. The molecule has 0 amide bonds. The molecule has 18 heavy (non-hydrogen) atoms. The van der Waals surface area contributed by atoms with Crippen LogP contribution in [0.25, 0.3) is 6.08 Å². The molecule has 2 nitrogen and oxygen atoms in total. The predicted octanol–water partition coefficient (Wildman–Crippen LogP) is 3.77. The molecule has 0 N–H and O–H groups in total. The minimum Gasteiger partial charge on any atom is -0.457 e. The van der Waals surface area contributed by atoms with Crippen molar-refractivity contribution in [1.29, 1.82) is 0 Å². The smallest absolute Gasteiger partial charge is 0.136 e. The number of ether oxygens (including phenoxy) is 1. The molecular weight excluding hydrogens is 222 g/mol. The first-order chi connectivity index (χ1) is 8.78. The van der Waals surface area contributed by atoms with Gasteiger partial charge in [0.2, 0.25) is 0 Å². The lowest BCUT2D eigenvalue weighted by Crippen LogP contribution is -2.30. The topological polar surface area (TPSA) is 12.5 Å². The summed E-state index contributed by atoms with van der Waals surface area (Å²) in [6.45, 7) is 8.38. The third-order valence-corrected chi connectivity index (χ3v) is 3.61. The van der Waals surface area contributed by atoms with E-state index in [1.807, 2.05) is 6.08 Å². The molecule has 2 aliphatic rings. The van der Waals surface area contributed by atoms with Crippen LogP contribution in [0.2, 0.25) is 0 Å². The minimum absolute atomic E-state index is 0.723. The summed E-state index contributed by atoms with van der Waals surface area (Å²) in [5, 5.41) is 0. The molecule has 94 valence electrons. The highest BCUT2D eigenvalue weighted by Gasteiger charge is 2.20. The van der Waals surface area contributed by atoms with Crippen molar-refractivity contribution in [3.05, 3.63) is 41.7 Å². The van der Waals surface area contributed by atoms with Crippen LogP contribution in [0.15, 0.2) is 30.5 Å². The first-order valence-corrected chi connectivity index (χ1v) is 6.74. The van der Waals surface area contributed by atoms with E-state index in [1.165, 1.54) is 36.1 Å². The zero-order chi connectivity index (χ0) is 12.5. The summed E-state index contributed by atoms with van der Waals surface area (Å²) < 4.78 is 5.72. The summed E-state index contributed by atoms with van der Waals surface area (Å²) in [6.07, 6.45) is 7.65. The zero-order valence-electron chi connectivity index (χ0n) is 10.9. The quantitative estimate of drug-likeness (QED) is 0.781. The van der Waals surface area contributed by atoms with Gasteiger partial charge < -0.3 is 9.64 Å². The van der Waals surface area contributed by atoms with Crippen molar-refractivity contribution in [2.45, 2.75) is 26.2 Å². The fourth-order valence-corrected chi connectivity index (χ4v) is 2.79. The van der Waals surface area contributed by atoms with Crippen LogP contribution in [0.3, 0.4) is 0 Å². The highest BCUT2D eigenvalue weighted by Crippen LogP contribution is 2.37. The van der Waals surface area contributed by atoms with Crippen LogP contribution in [0, 0.1) is 0 Å². The Bertz CT molecular complexity index is 516. The second-order valence-electron chi connectivity index (χ2n) is 5.01. The van der Waals surface area contributed by atoms with E-state index < -0.39 is 0 Å². The summed E-state index contributed by atoms with van der Waals surface area (Å²) in [4.78, 5) is 2.48. The molecule has 0 radical (unpaired) electrons. The molecule has 0 unspecified atom stereocenters. The Morgan fingerprint density at radius 3 is 3.06 bits per heavy atom. The van der Waals surface area contributed by atoms with Crippen molar-refractivity contribution in [1.82, 2.24) is 0 Å². The van der Waals surface area contributed by atoms with Crippen LogP contribution in [0.5, 0.6) is 5.75 Å². The van der Waals surface area contributed by atoms with E-state index in [0.717, 1.165) is 24.6 Å². The summed E-state index contributed by atoms with van der Waals surface area (Å²) in [7, 11) is 0. The van der Waals surface area contributed by atoms with Crippen molar-refractivity contribution in [2.24, 2.45) is 0 Å². The minimum atomic E-state index is 0.723. The average Bonchev–Trinajstić information content (AvgIpc) is 2.37. The van der Waals surface area contributed by atoms with Gasteiger partial charge >= 0.3 is 0 Å². The Balaban J connectivity index is 2.03. The van der Waals surface area contributed by atoms with E-state index >= 15 is 0 Å². The van der Waals surface area contributed by atoms with Gasteiger partial charge in [-0.2, -0.15) is 0 Å². The van der Waals surface area contributed by atoms with Crippen LogP contribution in [-0.4, -0.2) is 13.1 Å². The molecule has 0 atom stereocenters. The van der Waals surface area contributed by atoms with E-state index in [0.29, 0.717) is 0 Å². The molecule has 3 rings (SSSR count). The highest BCUT2D eigenvalue weighted by atomic mass is 16.5. The maximum absolute atomic E-state index is 5.72. The van der Waals surface area contributed by atoms with Gasteiger partial charge in [-0.05, 0) is 43.0 Å². The van der Waals surface area contributed by atoms with E-state index in [1.54, 1.807) is 0 Å². The Labute approximate surface area is 109 Å². The van der Waals surface area contributed by atoms with Crippen molar-refractivity contribution in [3.63, 3.8) is 0 Å². The molecule has 0 spiro atoms. The van der Waals surface area contributed by atoms with Crippen molar-refractivity contribution >= 4 is 11.8 Å². The SMILES string of the molecule is C=C1C=Cc2cc3c(cc2O1)N(CCC)CCC3. The van der Waals surface area contributed by atoms with Gasteiger partial charge in [0.05, 0.1) is 0 Å². The van der Waals surface area contributed by atoms with Crippen molar-refractivity contribution in [3.8, 4) is 5.75 Å². The van der Waals surface area contributed by atoms with E-state index in [4.69, 9.17) is 4.74 Å². The lowest BCUT2D eigenvalue weighted by molar-refractivity contribution is 0.442. The van der Waals surface area contributed by atoms with Gasteiger partial charge in [-0.1, -0.05) is 13.5 Å². The monoisotopic (exact) mass is 241 g/mol. The molecule has 2 aliphatic heterocycles. The Kier molecular flexibility index (Phi) is 2.86. The molecular formula is C16H19NO. The number of anilines is 1. The molecule has 1 aromatic rings. The van der Waals surface area contributed by atoms with E-state index in [-0.39, 0.29) is 0 Å². The lowest BCUT2D eigenvalue weighted by Gasteiger charge is -2.32. The van der Waals surface area contributed by atoms with Gasteiger partial charge in [0.25, 0.3) is 0 Å². The van der Waals surface area contributed by atoms with Gasteiger partial charge in [0, 0.05) is 30.4 Å². The molecule has 1 aromatic carbocycles. The molecule has 0 bridgehead atoms. The Hall–Kier alpha value is -1.70. The maximum Gasteiger partial charge on any atom is 0.136 e. The number of allylic oxidation sites excluding steroid dienone is 1. The molecule has 2 heterocycles. The molecule has 0 fully saturated rings. The Morgan fingerprint density at radius 1 is 1.33 bits per heavy atom. The number of nitrogens with zero attached hydrogens (tertiary/aromatic N) is 1. The molecule has 0 aliphatic carbocycles. The second-order valence-corrected chi connectivity index (χ2v) is 5.01. The van der Waals surface area contributed by atoms with Gasteiger partial charge in [-0.3, -0.25) is 0 Å². The fourth-order valence-electron chi connectivity index (χ4n) is 2.79. The second kappa shape index (κ2) is 4.52. The normalized spacial score (nSPS) is 17.2. The number of rotatable bonds is 2. The van der Waals surface area contributed by atoms with Gasteiger partial charge in [0.1, 0.15) is 11.5 Å². The van der Waals surface area contributed by atoms with Crippen LogP contribution in [0.4, 0.5) is 5.69 Å².